The first-order valence-corrected chi connectivity index (χ1v) is 5.46. The van der Waals surface area contributed by atoms with Crippen molar-refractivity contribution >= 4 is 17.3 Å². The molecule has 4 nitrogen and oxygen atoms in total. The third-order valence-electron chi connectivity index (χ3n) is 2.55. The van der Waals surface area contributed by atoms with E-state index in [0.29, 0.717) is 0 Å². The molecular formula is C12H16F2N2O2. The van der Waals surface area contributed by atoms with Gasteiger partial charge in [-0.1, -0.05) is 13.8 Å². The topological polar surface area (TPSA) is 64.3 Å². The van der Waals surface area contributed by atoms with E-state index in [1.807, 2.05) is 0 Å². The molecule has 0 aliphatic heterocycles. The largest absolute Gasteiger partial charge is 0.467 e. The lowest BCUT2D eigenvalue weighted by atomic mass is 10.0. The van der Waals surface area contributed by atoms with Gasteiger partial charge in [-0.3, -0.25) is 0 Å². The Morgan fingerprint density at radius 1 is 1.39 bits per heavy atom. The minimum Gasteiger partial charge on any atom is -0.467 e. The van der Waals surface area contributed by atoms with Gasteiger partial charge in [-0.25, -0.2) is 13.6 Å². The molecule has 0 amide bonds. The van der Waals surface area contributed by atoms with Crippen LogP contribution in [-0.4, -0.2) is 19.1 Å². The first kappa shape index (κ1) is 14.2. The van der Waals surface area contributed by atoms with Gasteiger partial charge in [0.15, 0.2) is 11.6 Å². The number of benzene rings is 1. The second kappa shape index (κ2) is 5.66. The Kier molecular flexibility index (Phi) is 4.47. The van der Waals surface area contributed by atoms with Crippen molar-refractivity contribution < 1.29 is 18.3 Å². The predicted molar refractivity (Wildman–Crippen MR) is 65.0 cm³/mol. The molecule has 100 valence electrons. The maximum Gasteiger partial charge on any atom is 0.328 e. The standard InChI is InChI=1S/C12H16F2N2O2/c1-6(2)10(12(17)18-3)16-11-8(15)5-4-7(13)9(11)14/h4-6,10,16H,15H2,1-3H3. The SMILES string of the molecule is COC(=O)C(Nc1c(N)ccc(F)c1F)C(C)C. The predicted octanol–water partition coefficient (Wildman–Crippen LogP) is 2.16. The molecule has 1 aromatic carbocycles. The summed E-state index contributed by atoms with van der Waals surface area (Å²) in [5.74, 6) is -2.86. The third kappa shape index (κ3) is 2.88. The summed E-state index contributed by atoms with van der Waals surface area (Å²) in [6.07, 6.45) is 0. The van der Waals surface area contributed by atoms with Crippen molar-refractivity contribution in [1.82, 2.24) is 0 Å². The summed E-state index contributed by atoms with van der Waals surface area (Å²) >= 11 is 0. The number of hydrogen-bond acceptors (Lipinski definition) is 4. The molecule has 0 radical (unpaired) electrons. The van der Waals surface area contributed by atoms with E-state index in [4.69, 9.17) is 5.73 Å². The lowest BCUT2D eigenvalue weighted by molar-refractivity contribution is -0.142. The Morgan fingerprint density at radius 3 is 2.50 bits per heavy atom. The van der Waals surface area contributed by atoms with Gasteiger partial charge in [-0.15, -0.1) is 0 Å². The van der Waals surface area contributed by atoms with Gasteiger partial charge in [-0.05, 0) is 18.1 Å². The normalized spacial score (nSPS) is 12.3. The Labute approximate surface area is 104 Å². The van der Waals surface area contributed by atoms with Crippen LogP contribution in [-0.2, 0) is 9.53 Å². The van der Waals surface area contributed by atoms with E-state index >= 15 is 0 Å². The van der Waals surface area contributed by atoms with Crippen molar-refractivity contribution in [3.05, 3.63) is 23.8 Å². The fraction of sp³-hybridized carbons (Fsp3) is 0.417. The molecular weight excluding hydrogens is 242 g/mol. The molecule has 1 rings (SSSR count). The monoisotopic (exact) mass is 258 g/mol. The molecule has 0 aliphatic rings. The number of nitrogen functional groups attached to an aromatic ring is 1. The van der Waals surface area contributed by atoms with E-state index in [1.165, 1.54) is 13.2 Å². The molecule has 0 aliphatic carbocycles. The molecule has 0 spiro atoms. The van der Waals surface area contributed by atoms with Crippen LogP contribution in [0, 0.1) is 17.6 Å². The molecule has 0 saturated heterocycles. The second-order valence-electron chi connectivity index (χ2n) is 4.21. The van der Waals surface area contributed by atoms with Crippen molar-refractivity contribution in [3.63, 3.8) is 0 Å². The summed E-state index contributed by atoms with van der Waals surface area (Å²) in [7, 11) is 1.23. The van der Waals surface area contributed by atoms with Crippen molar-refractivity contribution in [2.45, 2.75) is 19.9 Å². The summed E-state index contributed by atoms with van der Waals surface area (Å²) < 4.78 is 31.3. The maximum atomic E-state index is 13.6. The highest BCUT2D eigenvalue weighted by Crippen LogP contribution is 2.26. The van der Waals surface area contributed by atoms with Crippen molar-refractivity contribution in [3.8, 4) is 0 Å². The first-order valence-electron chi connectivity index (χ1n) is 5.46. The highest BCUT2D eigenvalue weighted by Gasteiger charge is 2.25. The first-order chi connectivity index (χ1) is 8.38. The average Bonchev–Trinajstić information content (AvgIpc) is 2.33. The summed E-state index contributed by atoms with van der Waals surface area (Å²) in [5.41, 5.74) is 5.37. The number of esters is 1. The van der Waals surface area contributed by atoms with Crippen LogP contribution in [0.25, 0.3) is 0 Å². The number of methoxy groups -OCH3 is 1. The molecule has 3 N–H and O–H groups in total. The molecule has 6 heteroatoms. The number of carbonyl (C=O) groups excluding carboxylic acids is 1. The summed E-state index contributed by atoms with van der Waals surface area (Å²) in [6.45, 7) is 3.50. The highest BCUT2D eigenvalue weighted by molar-refractivity contribution is 5.81. The molecule has 18 heavy (non-hydrogen) atoms. The lowest BCUT2D eigenvalue weighted by Gasteiger charge is -2.22. The van der Waals surface area contributed by atoms with E-state index < -0.39 is 23.6 Å². The van der Waals surface area contributed by atoms with E-state index in [9.17, 15) is 13.6 Å². The quantitative estimate of drug-likeness (QED) is 0.641. The Hall–Kier alpha value is -1.85. The van der Waals surface area contributed by atoms with Crippen LogP contribution in [0.1, 0.15) is 13.8 Å². The van der Waals surface area contributed by atoms with Crippen LogP contribution < -0.4 is 11.1 Å². The fourth-order valence-corrected chi connectivity index (χ4v) is 1.49. The zero-order valence-corrected chi connectivity index (χ0v) is 10.5. The summed E-state index contributed by atoms with van der Waals surface area (Å²) in [4.78, 5) is 11.5. The smallest absolute Gasteiger partial charge is 0.328 e. The van der Waals surface area contributed by atoms with E-state index in [0.717, 1.165) is 6.07 Å². The summed E-state index contributed by atoms with van der Waals surface area (Å²) in [6, 6.07) is 1.36. The number of ether oxygens (including phenoxy) is 1. The van der Waals surface area contributed by atoms with Gasteiger partial charge in [0.2, 0.25) is 0 Å². The van der Waals surface area contributed by atoms with Crippen LogP contribution in [0.4, 0.5) is 20.2 Å². The zero-order chi connectivity index (χ0) is 13.9. The van der Waals surface area contributed by atoms with Crippen molar-refractivity contribution in [2.24, 2.45) is 5.92 Å². The molecule has 1 atom stereocenters. The molecule has 1 aromatic rings. The van der Waals surface area contributed by atoms with Gasteiger partial charge < -0.3 is 15.8 Å². The molecule has 0 aromatic heterocycles. The third-order valence-corrected chi connectivity index (χ3v) is 2.55. The van der Waals surface area contributed by atoms with E-state index in [2.05, 4.69) is 10.1 Å². The average molecular weight is 258 g/mol. The maximum absolute atomic E-state index is 13.6. The van der Waals surface area contributed by atoms with Gasteiger partial charge in [0.25, 0.3) is 0 Å². The Balaban J connectivity index is 3.08. The minimum absolute atomic E-state index is 0.0310. The van der Waals surface area contributed by atoms with Crippen molar-refractivity contribution in [2.75, 3.05) is 18.2 Å². The van der Waals surface area contributed by atoms with Crippen LogP contribution in [0.5, 0.6) is 0 Å². The van der Waals surface area contributed by atoms with Crippen LogP contribution in [0.2, 0.25) is 0 Å². The van der Waals surface area contributed by atoms with Gasteiger partial charge in [0.05, 0.1) is 18.5 Å². The number of anilines is 2. The van der Waals surface area contributed by atoms with Gasteiger partial charge in [0, 0.05) is 0 Å². The number of nitrogens with one attached hydrogen (secondary N) is 1. The second-order valence-corrected chi connectivity index (χ2v) is 4.21. The Bertz CT molecular complexity index is 450. The minimum atomic E-state index is -1.11. The zero-order valence-electron chi connectivity index (χ0n) is 10.5. The van der Waals surface area contributed by atoms with E-state index in [-0.39, 0.29) is 17.3 Å². The van der Waals surface area contributed by atoms with Crippen LogP contribution in [0.15, 0.2) is 12.1 Å². The number of rotatable bonds is 4. The molecule has 0 saturated carbocycles. The Morgan fingerprint density at radius 2 is 2.00 bits per heavy atom. The number of hydrogen-bond donors (Lipinski definition) is 2. The number of halogens is 2. The fourth-order valence-electron chi connectivity index (χ4n) is 1.49. The molecule has 0 heterocycles. The number of nitrogens with two attached hydrogens (primary N) is 1. The molecule has 0 bridgehead atoms. The van der Waals surface area contributed by atoms with Crippen molar-refractivity contribution in [1.29, 1.82) is 0 Å². The molecule has 0 fully saturated rings. The van der Waals surface area contributed by atoms with Gasteiger partial charge in [0.1, 0.15) is 6.04 Å². The van der Waals surface area contributed by atoms with Crippen LogP contribution in [0.3, 0.4) is 0 Å². The highest BCUT2D eigenvalue weighted by atomic mass is 19.2. The van der Waals surface area contributed by atoms with Gasteiger partial charge >= 0.3 is 5.97 Å². The van der Waals surface area contributed by atoms with Crippen LogP contribution >= 0.6 is 0 Å². The lowest BCUT2D eigenvalue weighted by Crippen LogP contribution is -2.36. The molecule has 1 unspecified atom stereocenters. The van der Waals surface area contributed by atoms with E-state index in [1.54, 1.807) is 13.8 Å². The summed E-state index contributed by atoms with van der Waals surface area (Å²) in [5, 5.41) is 2.59. The number of carbonyl (C=O) groups is 1. The van der Waals surface area contributed by atoms with Gasteiger partial charge in [-0.2, -0.15) is 0 Å².